The average Bonchev–Trinajstić information content (AvgIpc) is 2.49. The van der Waals surface area contributed by atoms with Crippen molar-refractivity contribution in [3.05, 3.63) is 0 Å². The maximum absolute atomic E-state index is 5.13. The van der Waals surface area contributed by atoms with Crippen molar-refractivity contribution < 1.29 is 4.74 Å². The Morgan fingerprint density at radius 3 is 2.62 bits per heavy atom. The SMILES string of the molecule is CC(CN1CCCC1)NC1COC1. The van der Waals surface area contributed by atoms with Crippen LogP contribution in [-0.4, -0.2) is 49.8 Å². The Hall–Kier alpha value is -0.120. The molecule has 1 N–H and O–H groups in total. The van der Waals surface area contributed by atoms with Crippen LogP contribution >= 0.6 is 0 Å². The number of hydrogen-bond acceptors (Lipinski definition) is 3. The fraction of sp³-hybridized carbons (Fsp3) is 1.00. The number of hydrogen-bond donors (Lipinski definition) is 1. The van der Waals surface area contributed by atoms with E-state index < -0.39 is 0 Å². The first-order valence-electron chi connectivity index (χ1n) is 5.41. The van der Waals surface area contributed by atoms with Gasteiger partial charge in [-0.1, -0.05) is 0 Å². The zero-order valence-corrected chi connectivity index (χ0v) is 8.46. The fourth-order valence-corrected chi connectivity index (χ4v) is 2.14. The van der Waals surface area contributed by atoms with Gasteiger partial charge in [-0.15, -0.1) is 0 Å². The van der Waals surface area contributed by atoms with Gasteiger partial charge in [0, 0.05) is 12.6 Å². The van der Waals surface area contributed by atoms with Crippen molar-refractivity contribution in [1.82, 2.24) is 10.2 Å². The van der Waals surface area contributed by atoms with E-state index in [1.165, 1.54) is 32.5 Å². The minimum absolute atomic E-state index is 0.618. The van der Waals surface area contributed by atoms with Crippen molar-refractivity contribution in [3.8, 4) is 0 Å². The maximum atomic E-state index is 5.13. The molecule has 2 heterocycles. The highest BCUT2D eigenvalue weighted by atomic mass is 16.5. The van der Waals surface area contributed by atoms with Crippen molar-refractivity contribution in [2.75, 3.05) is 32.8 Å². The highest BCUT2D eigenvalue weighted by Crippen LogP contribution is 2.08. The molecule has 0 aliphatic carbocycles. The Labute approximate surface area is 80.4 Å². The van der Waals surface area contributed by atoms with E-state index in [0.717, 1.165) is 13.2 Å². The molecule has 1 atom stereocenters. The van der Waals surface area contributed by atoms with E-state index in [1.54, 1.807) is 0 Å². The molecule has 76 valence electrons. The van der Waals surface area contributed by atoms with Crippen molar-refractivity contribution in [2.45, 2.75) is 31.8 Å². The standard InChI is InChI=1S/C10H20N2O/c1-9(11-10-7-13-8-10)6-12-4-2-3-5-12/h9-11H,2-8H2,1H3. The van der Waals surface area contributed by atoms with E-state index in [0.29, 0.717) is 12.1 Å². The van der Waals surface area contributed by atoms with E-state index in [9.17, 15) is 0 Å². The minimum Gasteiger partial charge on any atom is -0.378 e. The second kappa shape index (κ2) is 4.40. The first-order chi connectivity index (χ1) is 6.34. The molecule has 3 nitrogen and oxygen atoms in total. The van der Waals surface area contributed by atoms with E-state index >= 15 is 0 Å². The number of rotatable bonds is 4. The summed E-state index contributed by atoms with van der Waals surface area (Å²) in [6, 6.07) is 1.24. The second-order valence-corrected chi connectivity index (χ2v) is 4.31. The van der Waals surface area contributed by atoms with Gasteiger partial charge in [0.15, 0.2) is 0 Å². The molecule has 2 saturated heterocycles. The molecule has 0 aromatic carbocycles. The monoisotopic (exact) mass is 184 g/mol. The fourth-order valence-electron chi connectivity index (χ4n) is 2.14. The van der Waals surface area contributed by atoms with Crippen LogP contribution in [0.15, 0.2) is 0 Å². The van der Waals surface area contributed by atoms with Crippen LogP contribution in [0, 0.1) is 0 Å². The van der Waals surface area contributed by atoms with Crippen LogP contribution in [-0.2, 0) is 4.74 Å². The van der Waals surface area contributed by atoms with Crippen LogP contribution in [0.2, 0.25) is 0 Å². The largest absolute Gasteiger partial charge is 0.378 e. The van der Waals surface area contributed by atoms with Crippen LogP contribution in [0.1, 0.15) is 19.8 Å². The predicted molar refractivity (Wildman–Crippen MR) is 52.9 cm³/mol. The number of likely N-dealkylation sites (tertiary alicyclic amines) is 1. The van der Waals surface area contributed by atoms with Gasteiger partial charge in [-0.2, -0.15) is 0 Å². The smallest absolute Gasteiger partial charge is 0.0643 e. The minimum atomic E-state index is 0.618. The van der Waals surface area contributed by atoms with Gasteiger partial charge in [-0.05, 0) is 32.9 Å². The van der Waals surface area contributed by atoms with Gasteiger partial charge in [0.25, 0.3) is 0 Å². The molecule has 3 heteroatoms. The summed E-state index contributed by atoms with van der Waals surface area (Å²) < 4.78 is 5.13. The number of ether oxygens (including phenoxy) is 1. The summed E-state index contributed by atoms with van der Waals surface area (Å²) in [6.07, 6.45) is 2.78. The number of nitrogens with zero attached hydrogens (tertiary/aromatic N) is 1. The van der Waals surface area contributed by atoms with Crippen LogP contribution in [0.3, 0.4) is 0 Å². The summed E-state index contributed by atoms with van der Waals surface area (Å²) in [5.41, 5.74) is 0. The van der Waals surface area contributed by atoms with Gasteiger partial charge in [-0.3, -0.25) is 0 Å². The first-order valence-corrected chi connectivity index (χ1v) is 5.41. The van der Waals surface area contributed by atoms with E-state index in [-0.39, 0.29) is 0 Å². The summed E-state index contributed by atoms with van der Waals surface area (Å²) in [7, 11) is 0. The summed E-state index contributed by atoms with van der Waals surface area (Å²) in [5, 5.41) is 3.58. The van der Waals surface area contributed by atoms with Gasteiger partial charge in [-0.25, -0.2) is 0 Å². The second-order valence-electron chi connectivity index (χ2n) is 4.31. The zero-order valence-electron chi connectivity index (χ0n) is 8.46. The van der Waals surface area contributed by atoms with E-state index in [2.05, 4.69) is 17.1 Å². The van der Waals surface area contributed by atoms with Gasteiger partial charge in [0.05, 0.1) is 19.3 Å². The maximum Gasteiger partial charge on any atom is 0.0643 e. The lowest BCUT2D eigenvalue weighted by Gasteiger charge is -2.31. The van der Waals surface area contributed by atoms with E-state index in [4.69, 9.17) is 4.74 Å². The Kier molecular flexibility index (Phi) is 3.19. The summed E-state index contributed by atoms with van der Waals surface area (Å²) in [5.74, 6) is 0. The highest BCUT2D eigenvalue weighted by molar-refractivity contribution is 4.79. The van der Waals surface area contributed by atoms with Crippen LogP contribution in [0.4, 0.5) is 0 Å². The molecule has 1 unspecified atom stereocenters. The summed E-state index contributed by atoms with van der Waals surface area (Å²) in [6.45, 7) is 7.89. The average molecular weight is 184 g/mol. The number of nitrogens with one attached hydrogen (secondary N) is 1. The van der Waals surface area contributed by atoms with Crippen LogP contribution in [0.5, 0.6) is 0 Å². The molecule has 0 radical (unpaired) electrons. The molecule has 0 aromatic heterocycles. The summed E-state index contributed by atoms with van der Waals surface area (Å²) in [4.78, 5) is 2.55. The van der Waals surface area contributed by atoms with Crippen molar-refractivity contribution in [3.63, 3.8) is 0 Å². The molecule has 0 aromatic rings. The molecular weight excluding hydrogens is 164 g/mol. The first kappa shape index (κ1) is 9.44. The molecule has 2 aliphatic rings. The lowest BCUT2D eigenvalue weighted by Crippen LogP contribution is -2.52. The Bertz CT molecular complexity index is 153. The van der Waals surface area contributed by atoms with E-state index in [1.807, 2.05) is 0 Å². The third kappa shape index (κ3) is 2.66. The zero-order chi connectivity index (χ0) is 9.10. The topological polar surface area (TPSA) is 24.5 Å². The molecule has 2 fully saturated rings. The quantitative estimate of drug-likeness (QED) is 0.687. The lowest BCUT2D eigenvalue weighted by molar-refractivity contribution is -0.0104. The molecule has 2 aliphatic heterocycles. The lowest BCUT2D eigenvalue weighted by atomic mass is 10.2. The molecule has 2 rings (SSSR count). The summed E-state index contributed by atoms with van der Waals surface area (Å²) >= 11 is 0. The Morgan fingerprint density at radius 1 is 1.38 bits per heavy atom. The van der Waals surface area contributed by atoms with Crippen molar-refractivity contribution >= 4 is 0 Å². The van der Waals surface area contributed by atoms with Gasteiger partial charge >= 0.3 is 0 Å². The third-order valence-electron chi connectivity index (χ3n) is 2.89. The molecular formula is C10H20N2O. The van der Waals surface area contributed by atoms with Crippen molar-refractivity contribution in [2.24, 2.45) is 0 Å². The molecule has 0 saturated carbocycles. The molecule has 0 amide bonds. The highest BCUT2D eigenvalue weighted by Gasteiger charge is 2.21. The van der Waals surface area contributed by atoms with Gasteiger partial charge in [0.2, 0.25) is 0 Å². The molecule has 0 spiro atoms. The van der Waals surface area contributed by atoms with Gasteiger partial charge in [0.1, 0.15) is 0 Å². The predicted octanol–water partition coefficient (Wildman–Crippen LogP) is 0.459. The van der Waals surface area contributed by atoms with Crippen LogP contribution in [0.25, 0.3) is 0 Å². The Morgan fingerprint density at radius 2 is 2.08 bits per heavy atom. The van der Waals surface area contributed by atoms with Crippen molar-refractivity contribution in [1.29, 1.82) is 0 Å². The molecule has 0 bridgehead atoms. The Balaban J connectivity index is 1.61. The molecule has 13 heavy (non-hydrogen) atoms. The normalized spacial score (nSPS) is 27.5. The van der Waals surface area contributed by atoms with Crippen LogP contribution < -0.4 is 5.32 Å². The third-order valence-corrected chi connectivity index (χ3v) is 2.89. The van der Waals surface area contributed by atoms with Gasteiger partial charge < -0.3 is 15.0 Å².